The van der Waals surface area contributed by atoms with Gasteiger partial charge in [0.2, 0.25) is 5.75 Å². The molecule has 2 rings (SSSR count). The maximum absolute atomic E-state index is 12.6. The Morgan fingerprint density at radius 3 is 2.11 bits per heavy atom. The summed E-state index contributed by atoms with van der Waals surface area (Å²) in [5.41, 5.74) is 4.86. The van der Waals surface area contributed by atoms with Gasteiger partial charge in [-0.05, 0) is 30.5 Å². The predicted octanol–water partition coefficient (Wildman–Crippen LogP) is 4.04. The van der Waals surface area contributed by atoms with Crippen LogP contribution in [-0.2, 0) is 0 Å². The number of hydrogen-bond donors (Lipinski definition) is 1. The first-order valence-electron chi connectivity index (χ1n) is 8.86. The van der Waals surface area contributed by atoms with Crippen molar-refractivity contribution >= 4 is 11.6 Å². The normalized spacial score (nSPS) is 11.0. The van der Waals surface area contributed by atoms with E-state index in [2.05, 4.69) is 17.5 Å². The number of nitrogens with zero attached hydrogens (tertiary/aromatic N) is 1. The number of amides is 1. The number of benzene rings is 2. The lowest BCUT2D eigenvalue weighted by atomic mass is 10.1. The average molecular weight is 370 g/mol. The van der Waals surface area contributed by atoms with Crippen molar-refractivity contribution < 1.29 is 19.0 Å². The van der Waals surface area contributed by atoms with Gasteiger partial charge in [0.15, 0.2) is 11.5 Å². The average Bonchev–Trinajstić information content (AvgIpc) is 2.72. The number of carbonyl (C=O) groups excluding carboxylic acids is 1. The van der Waals surface area contributed by atoms with E-state index in [4.69, 9.17) is 14.2 Å². The van der Waals surface area contributed by atoms with Crippen molar-refractivity contribution in [1.29, 1.82) is 0 Å². The van der Waals surface area contributed by atoms with E-state index in [1.165, 1.54) is 21.3 Å². The molecule has 0 aliphatic heterocycles. The summed E-state index contributed by atoms with van der Waals surface area (Å²) >= 11 is 0. The standard InChI is InChI=1S/C21H26N2O4/c1-5-6-12-17(15-10-8-7-9-11-15)22-23-21(24)16-13-18(25-2)20(27-4)19(14-16)26-3/h7-11,13-14H,5-6,12H2,1-4H3,(H,23,24). The van der Waals surface area contributed by atoms with Gasteiger partial charge in [-0.2, -0.15) is 5.10 Å². The smallest absolute Gasteiger partial charge is 0.271 e. The second-order valence-electron chi connectivity index (χ2n) is 5.88. The second-order valence-corrected chi connectivity index (χ2v) is 5.88. The van der Waals surface area contributed by atoms with Crippen LogP contribution < -0.4 is 19.6 Å². The first-order chi connectivity index (χ1) is 13.1. The van der Waals surface area contributed by atoms with Gasteiger partial charge in [-0.25, -0.2) is 5.43 Å². The van der Waals surface area contributed by atoms with Crippen LogP contribution in [0.4, 0.5) is 0 Å². The number of unbranched alkanes of at least 4 members (excludes halogenated alkanes) is 1. The molecule has 0 aromatic heterocycles. The van der Waals surface area contributed by atoms with E-state index in [9.17, 15) is 4.79 Å². The van der Waals surface area contributed by atoms with Crippen LogP contribution in [-0.4, -0.2) is 32.9 Å². The minimum absolute atomic E-state index is 0.348. The molecule has 144 valence electrons. The number of nitrogens with one attached hydrogen (secondary N) is 1. The number of methoxy groups -OCH3 is 3. The van der Waals surface area contributed by atoms with E-state index >= 15 is 0 Å². The molecule has 0 unspecified atom stereocenters. The largest absolute Gasteiger partial charge is 0.493 e. The molecular formula is C21H26N2O4. The fourth-order valence-electron chi connectivity index (χ4n) is 2.63. The van der Waals surface area contributed by atoms with Crippen molar-refractivity contribution in [2.75, 3.05) is 21.3 Å². The minimum Gasteiger partial charge on any atom is -0.493 e. The van der Waals surface area contributed by atoms with Crippen molar-refractivity contribution in [3.63, 3.8) is 0 Å². The molecule has 1 amide bonds. The molecule has 0 aliphatic rings. The van der Waals surface area contributed by atoms with Gasteiger partial charge in [0.1, 0.15) is 0 Å². The molecule has 6 heteroatoms. The van der Waals surface area contributed by atoms with E-state index in [0.717, 1.165) is 30.5 Å². The van der Waals surface area contributed by atoms with Crippen molar-refractivity contribution in [3.8, 4) is 17.2 Å². The maximum atomic E-state index is 12.6. The van der Waals surface area contributed by atoms with Crippen molar-refractivity contribution in [2.45, 2.75) is 26.2 Å². The lowest BCUT2D eigenvalue weighted by Gasteiger charge is -2.13. The summed E-state index contributed by atoms with van der Waals surface area (Å²) in [5, 5.41) is 4.37. The Morgan fingerprint density at radius 2 is 1.59 bits per heavy atom. The van der Waals surface area contributed by atoms with E-state index in [1.54, 1.807) is 12.1 Å². The van der Waals surface area contributed by atoms with Crippen LogP contribution in [0.5, 0.6) is 17.2 Å². The molecule has 2 aromatic carbocycles. The summed E-state index contributed by atoms with van der Waals surface area (Å²) in [6.07, 6.45) is 2.83. The number of carbonyl (C=O) groups is 1. The van der Waals surface area contributed by atoms with Gasteiger partial charge in [0, 0.05) is 5.56 Å². The zero-order valence-electron chi connectivity index (χ0n) is 16.2. The van der Waals surface area contributed by atoms with Crippen LogP contribution in [0.1, 0.15) is 42.1 Å². The molecule has 2 aromatic rings. The van der Waals surface area contributed by atoms with Gasteiger partial charge < -0.3 is 14.2 Å². The number of hydrogen-bond acceptors (Lipinski definition) is 5. The van der Waals surface area contributed by atoms with Crippen LogP contribution in [0.25, 0.3) is 0 Å². The molecule has 0 radical (unpaired) electrons. The first-order valence-corrected chi connectivity index (χ1v) is 8.86. The van der Waals surface area contributed by atoms with E-state index in [1.807, 2.05) is 30.3 Å². The number of hydrazone groups is 1. The summed E-state index contributed by atoms with van der Waals surface area (Å²) < 4.78 is 15.9. The molecular weight excluding hydrogens is 344 g/mol. The van der Waals surface area contributed by atoms with E-state index in [0.29, 0.717) is 22.8 Å². The highest BCUT2D eigenvalue weighted by Gasteiger charge is 2.17. The third-order valence-electron chi connectivity index (χ3n) is 4.09. The summed E-state index contributed by atoms with van der Waals surface area (Å²) in [7, 11) is 4.54. The molecule has 0 saturated carbocycles. The molecule has 0 heterocycles. The van der Waals surface area contributed by atoms with Gasteiger partial charge in [0.05, 0.1) is 27.0 Å². The SMILES string of the molecule is CCCCC(=NNC(=O)c1cc(OC)c(OC)c(OC)c1)c1ccccc1. The highest BCUT2D eigenvalue weighted by Crippen LogP contribution is 2.38. The number of ether oxygens (including phenoxy) is 3. The Hall–Kier alpha value is -3.02. The molecule has 1 N–H and O–H groups in total. The van der Waals surface area contributed by atoms with Crippen LogP contribution in [0.15, 0.2) is 47.6 Å². The fraction of sp³-hybridized carbons (Fsp3) is 0.333. The second kappa shape index (κ2) is 10.2. The Bertz CT molecular complexity index is 763. The number of rotatable bonds is 9. The third kappa shape index (κ3) is 5.23. The Labute approximate surface area is 160 Å². The van der Waals surface area contributed by atoms with Gasteiger partial charge in [-0.3, -0.25) is 4.79 Å². The molecule has 0 atom stereocenters. The highest BCUT2D eigenvalue weighted by atomic mass is 16.5. The highest BCUT2D eigenvalue weighted by molar-refractivity contribution is 6.02. The minimum atomic E-state index is -0.348. The van der Waals surface area contributed by atoms with Crippen molar-refractivity contribution in [2.24, 2.45) is 5.10 Å². The Balaban J connectivity index is 2.27. The Kier molecular flexibility index (Phi) is 7.67. The van der Waals surface area contributed by atoms with Crippen LogP contribution in [0, 0.1) is 0 Å². The zero-order chi connectivity index (χ0) is 19.6. The van der Waals surface area contributed by atoms with Gasteiger partial charge in [-0.15, -0.1) is 0 Å². The summed E-state index contributed by atoms with van der Waals surface area (Å²) in [6.45, 7) is 2.12. The first kappa shape index (κ1) is 20.3. The fourth-order valence-corrected chi connectivity index (χ4v) is 2.63. The van der Waals surface area contributed by atoms with Gasteiger partial charge in [-0.1, -0.05) is 43.7 Å². The monoisotopic (exact) mass is 370 g/mol. The topological polar surface area (TPSA) is 69.2 Å². The summed E-state index contributed by atoms with van der Waals surface area (Å²) in [6, 6.07) is 13.0. The molecule has 0 bridgehead atoms. The predicted molar refractivity (Wildman–Crippen MR) is 106 cm³/mol. The van der Waals surface area contributed by atoms with Gasteiger partial charge >= 0.3 is 0 Å². The molecule has 0 spiro atoms. The molecule has 27 heavy (non-hydrogen) atoms. The van der Waals surface area contributed by atoms with Gasteiger partial charge in [0.25, 0.3) is 5.91 Å². The van der Waals surface area contributed by atoms with E-state index < -0.39 is 0 Å². The lowest BCUT2D eigenvalue weighted by Crippen LogP contribution is -2.20. The quantitative estimate of drug-likeness (QED) is 0.534. The molecule has 6 nitrogen and oxygen atoms in total. The Morgan fingerprint density at radius 1 is 0.963 bits per heavy atom. The zero-order valence-corrected chi connectivity index (χ0v) is 16.2. The molecule has 0 aliphatic carbocycles. The van der Waals surface area contributed by atoms with E-state index in [-0.39, 0.29) is 5.91 Å². The van der Waals surface area contributed by atoms with Crippen molar-refractivity contribution in [1.82, 2.24) is 5.43 Å². The molecule has 0 saturated heterocycles. The third-order valence-corrected chi connectivity index (χ3v) is 4.09. The lowest BCUT2D eigenvalue weighted by molar-refractivity contribution is 0.0954. The summed E-state index contributed by atoms with van der Waals surface area (Å²) in [4.78, 5) is 12.6. The van der Waals surface area contributed by atoms with Crippen LogP contribution in [0.2, 0.25) is 0 Å². The summed E-state index contributed by atoms with van der Waals surface area (Å²) in [5.74, 6) is 0.924. The van der Waals surface area contributed by atoms with Crippen molar-refractivity contribution in [3.05, 3.63) is 53.6 Å². The van der Waals surface area contributed by atoms with Crippen LogP contribution in [0.3, 0.4) is 0 Å². The maximum Gasteiger partial charge on any atom is 0.271 e. The molecule has 0 fully saturated rings. The van der Waals surface area contributed by atoms with Crippen LogP contribution >= 0.6 is 0 Å².